The fourth-order valence-electron chi connectivity index (χ4n) is 3.29. The normalized spacial score (nSPS) is 33.0. The third kappa shape index (κ3) is 4.87. The van der Waals surface area contributed by atoms with Gasteiger partial charge in [-0.15, -0.1) is 0 Å². The van der Waals surface area contributed by atoms with Crippen LogP contribution in [0.5, 0.6) is 0 Å². The van der Waals surface area contributed by atoms with E-state index >= 15 is 0 Å². The molecule has 4 atom stereocenters. The van der Waals surface area contributed by atoms with Gasteiger partial charge < -0.3 is 15.1 Å². The molecule has 3 heteroatoms. The van der Waals surface area contributed by atoms with Gasteiger partial charge in [0.05, 0.1) is 12.7 Å². The number of unbranched alkanes of at least 4 members (excludes halogenated alkanes) is 1. The minimum atomic E-state index is -0.161. The lowest BCUT2D eigenvalue weighted by atomic mass is 9.73. The molecule has 0 amide bonds. The third-order valence-electron chi connectivity index (χ3n) is 4.36. The highest BCUT2D eigenvalue weighted by molar-refractivity contribution is 4.84. The zero-order chi connectivity index (χ0) is 13.5. The molecule has 3 nitrogen and oxygen atoms in total. The molecular formula is C15H31NO2. The van der Waals surface area contributed by atoms with Crippen LogP contribution in [0.1, 0.15) is 46.5 Å². The Morgan fingerprint density at radius 1 is 1.17 bits per heavy atom. The summed E-state index contributed by atoms with van der Waals surface area (Å²) in [6.45, 7) is 9.64. The van der Waals surface area contributed by atoms with Crippen molar-refractivity contribution in [1.82, 2.24) is 4.90 Å². The fourth-order valence-corrected chi connectivity index (χ4v) is 3.29. The van der Waals surface area contributed by atoms with Crippen molar-refractivity contribution in [3.8, 4) is 0 Å². The van der Waals surface area contributed by atoms with E-state index in [1.54, 1.807) is 0 Å². The Morgan fingerprint density at radius 2 is 1.89 bits per heavy atom. The molecule has 0 aliphatic heterocycles. The molecule has 4 unspecified atom stereocenters. The summed E-state index contributed by atoms with van der Waals surface area (Å²) >= 11 is 0. The monoisotopic (exact) mass is 257 g/mol. The SMILES string of the molecule is CCCCN(CCO)CC1C(C)CC(C)CC1O. The molecule has 1 fully saturated rings. The summed E-state index contributed by atoms with van der Waals surface area (Å²) in [4.78, 5) is 2.32. The summed E-state index contributed by atoms with van der Waals surface area (Å²) in [5, 5.41) is 19.4. The summed E-state index contributed by atoms with van der Waals surface area (Å²) in [7, 11) is 0. The quantitative estimate of drug-likeness (QED) is 0.734. The summed E-state index contributed by atoms with van der Waals surface area (Å²) in [6.07, 6.45) is 4.36. The van der Waals surface area contributed by atoms with Crippen LogP contribution in [0.2, 0.25) is 0 Å². The summed E-state index contributed by atoms with van der Waals surface area (Å²) < 4.78 is 0. The molecule has 1 aliphatic carbocycles. The van der Waals surface area contributed by atoms with E-state index in [2.05, 4.69) is 25.7 Å². The number of rotatable bonds is 7. The molecule has 2 N–H and O–H groups in total. The minimum Gasteiger partial charge on any atom is -0.395 e. The van der Waals surface area contributed by atoms with Crippen molar-refractivity contribution in [2.45, 2.75) is 52.6 Å². The Bertz CT molecular complexity index is 211. The maximum absolute atomic E-state index is 10.3. The molecule has 0 aromatic carbocycles. The van der Waals surface area contributed by atoms with Crippen molar-refractivity contribution >= 4 is 0 Å². The lowest BCUT2D eigenvalue weighted by Crippen LogP contribution is -2.43. The van der Waals surface area contributed by atoms with E-state index in [0.29, 0.717) is 17.8 Å². The van der Waals surface area contributed by atoms with Gasteiger partial charge in [0.1, 0.15) is 0 Å². The van der Waals surface area contributed by atoms with Gasteiger partial charge >= 0.3 is 0 Å². The number of aliphatic hydroxyl groups is 2. The van der Waals surface area contributed by atoms with Gasteiger partial charge in [-0.1, -0.05) is 27.2 Å². The van der Waals surface area contributed by atoms with Crippen LogP contribution in [0.15, 0.2) is 0 Å². The Hall–Kier alpha value is -0.120. The molecule has 0 saturated heterocycles. The van der Waals surface area contributed by atoms with Crippen LogP contribution in [0.3, 0.4) is 0 Å². The van der Waals surface area contributed by atoms with Crippen LogP contribution >= 0.6 is 0 Å². The summed E-state index contributed by atoms with van der Waals surface area (Å²) in [6, 6.07) is 0. The smallest absolute Gasteiger partial charge is 0.0585 e. The number of hydrogen-bond acceptors (Lipinski definition) is 3. The molecule has 0 aromatic rings. The molecule has 108 valence electrons. The lowest BCUT2D eigenvalue weighted by molar-refractivity contribution is -0.00429. The van der Waals surface area contributed by atoms with Crippen LogP contribution < -0.4 is 0 Å². The average Bonchev–Trinajstić information content (AvgIpc) is 2.30. The lowest BCUT2D eigenvalue weighted by Gasteiger charge is -2.39. The van der Waals surface area contributed by atoms with Crippen LogP contribution in [0.4, 0.5) is 0 Å². The van der Waals surface area contributed by atoms with Crippen LogP contribution in [-0.2, 0) is 0 Å². The molecule has 0 bridgehead atoms. The summed E-state index contributed by atoms with van der Waals surface area (Å²) in [5.41, 5.74) is 0. The first-order chi connectivity index (χ1) is 8.58. The Balaban J connectivity index is 2.50. The molecule has 1 aliphatic rings. The third-order valence-corrected chi connectivity index (χ3v) is 4.36. The number of nitrogens with zero attached hydrogens (tertiary/aromatic N) is 1. The van der Waals surface area contributed by atoms with Crippen molar-refractivity contribution < 1.29 is 10.2 Å². The highest BCUT2D eigenvalue weighted by Crippen LogP contribution is 2.34. The van der Waals surface area contributed by atoms with Crippen molar-refractivity contribution in [1.29, 1.82) is 0 Å². The van der Waals surface area contributed by atoms with Crippen LogP contribution in [0.25, 0.3) is 0 Å². The number of aliphatic hydroxyl groups excluding tert-OH is 2. The van der Waals surface area contributed by atoms with E-state index < -0.39 is 0 Å². The van der Waals surface area contributed by atoms with E-state index in [-0.39, 0.29) is 12.7 Å². The molecule has 18 heavy (non-hydrogen) atoms. The van der Waals surface area contributed by atoms with Gasteiger partial charge in [-0.2, -0.15) is 0 Å². The summed E-state index contributed by atoms with van der Waals surface area (Å²) in [5.74, 6) is 1.62. The molecule has 1 saturated carbocycles. The Labute approximate surface area is 112 Å². The van der Waals surface area contributed by atoms with E-state index in [0.717, 1.165) is 26.1 Å². The maximum atomic E-state index is 10.3. The standard InChI is InChI=1S/C15H31NO2/c1-4-5-6-16(7-8-17)11-14-13(3)9-12(2)10-15(14)18/h12-15,17-18H,4-11H2,1-3H3. The van der Waals surface area contributed by atoms with Gasteiger partial charge in [-0.05, 0) is 37.6 Å². The maximum Gasteiger partial charge on any atom is 0.0585 e. The van der Waals surface area contributed by atoms with Gasteiger partial charge in [0, 0.05) is 19.0 Å². The zero-order valence-corrected chi connectivity index (χ0v) is 12.3. The second-order valence-electron chi connectivity index (χ2n) is 6.16. The van der Waals surface area contributed by atoms with E-state index in [1.807, 2.05) is 0 Å². The second kappa shape index (κ2) is 8.13. The zero-order valence-electron chi connectivity index (χ0n) is 12.3. The first kappa shape index (κ1) is 15.9. The largest absolute Gasteiger partial charge is 0.395 e. The second-order valence-corrected chi connectivity index (χ2v) is 6.16. The van der Waals surface area contributed by atoms with Crippen molar-refractivity contribution in [2.75, 3.05) is 26.2 Å². The van der Waals surface area contributed by atoms with Crippen LogP contribution in [0, 0.1) is 17.8 Å². The van der Waals surface area contributed by atoms with Gasteiger partial charge in [0.2, 0.25) is 0 Å². The van der Waals surface area contributed by atoms with Gasteiger partial charge in [0.15, 0.2) is 0 Å². The van der Waals surface area contributed by atoms with Gasteiger partial charge in [0.25, 0.3) is 0 Å². The van der Waals surface area contributed by atoms with Crippen molar-refractivity contribution in [3.05, 3.63) is 0 Å². The highest BCUT2D eigenvalue weighted by Gasteiger charge is 2.33. The minimum absolute atomic E-state index is 0.161. The van der Waals surface area contributed by atoms with Gasteiger partial charge in [-0.3, -0.25) is 0 Å². The average molecular weight is 257 g/mol. The first-order valence-electron chi connectivity index (χ1n) is 7.59. The van der Waals surface area contributed by atoms with E-state index in [1.165, 1.54) is 19.3 Å². The Morgan fingerprint density at radius 3 is 2.44 bits per heavy atom. The molecule has 0 spiro atoms. The highest BCUT2D eigenvalue weighted by atomic mass is 16.3. The molecule has 0 aromatic heterocycles. The van der Waals surface area contributed by atoms with Crippen molar-refractivity contribution in [2.24, 2.45) is 17.8 Å². The van der Waals surface area contributed by atoms with E-state index in [9.17, 15) is 5.11 Å². The molecule has 0 radical (unpaired) electrons. The van der Waals surface area contributed by atoms with Gasteiger partial charge in [-0.25, -0.2) is 0 Å². The molecule has 0 heterocycles. The first-order valence-corrected chi connectivity index (χ1v) is 7.59. The molecule has 1 rings (SSSR count). The van der Waals surface area contributed by atoms with Crippen LogP contribution in [-0.4, -0.2) is 47.5 Å². The van der Waals surface area contributed by atoms with Crippen molar-refractivity contribution in [3.63, 3.8) is 0 Å². The predicted octanol–water partition coefficient (Wildman–Crippen LogP) is 2.12. The Kier molecular flexibility index (Phi) is 7.20. The predicted molar refractivity (Wildman–Crippen MR) is 75.5 cm³/mol. The molecular weight excluding hydrogens is 226 g/mol. The topological polar surface area (TPSA) is 43.7 Å². The fraction of sp³-hybridized carbons (Fsp3) is 1.00. The number of hydrogen-bond donors (Lipinski definition) is 2. The van der Waals surface area contributed by atoms with E-state index in [4.69, 9.17) is 5.11 Å².